The van der Waals surface area contributed by atoms with Crippen LogP contribution in [-0.4, -0.2) is 30.1 Å². The number of nitrogens with one attached hydrogen (secondary N) is 1. The van der Waals surface area contributed by atoms with Crippen LogP contribution in [0.2, 0.25) is 0 Å². The van der Waals surface area contributed by atoms with Gasteiger partial charge in [-0.05, 0) is 12.1 Å². The molecule has 1 aliphatic heterocycles. The van der Waals surface area contributed by atoms with Crippen molar-refractivity contribution in [1.29, 1.82) is 0 Å². The molecule has 1 aromatic heterocycles. The van der Waals surface area contributed by atoms with Gasteiger partial charge in [-0.2, -0.15) is 0 Å². The maximum Gasteiger partial charge on any atom is 0.414 e. The highest BCUT2D eigenvalue weighted by atomic mass is 32.1. The van der Waals surface area contributed by atoms with Gasteiger partial charge in [-0.3, -0.25) is 9.69 Å². The van der Waals surface area contributed by atoms with Crippen LogP contribution < -0.4 is 10.2 Å². The lowest BCUT2D eigenvalue weighted by Crippen LogP contribution is -2.25. The molecule has 1 aliphatic rings. The second-order valence-electron chi connectivity index (χ2n) is 5.64. The smallest absolute Gasteiger partial charge is 0.414 e. The number of hydrogen-bond acceptors (Lipinski definition) is 5. The highest BCUT2D eigenvalue weighted by Crippen LogP contribution is 2.29. The molecule has 0 atom stereocenters. The number of carbonyl (C=O) groups excluding carboxylic acids is 2. The van der Waals surface area contributed by atoms with Crippen LogP contribution in [0.25, 0.3) is 10.6 Å². The lowest BCUT2D eigenvalue weighted by Gasteiger charge is -2.17. The van der Waals surface area contributed by atoms with Gasteiger partial charge in [0.05, 0.1) is 17.9 Å². The zero-order valence-electron chi connectivity index (χ0n) is 13.7. The van der Waals surface area contributed by atoms with Crippen molar-refractivity contribution in [2.45, 2.75) is 0 Å². The third kappa shape index (κ3) is 3.16. The minimum atomic E-state index is -0.410. The third-order valence-corrected chi connectivity index (χ3v) is 4.85. The molecule has 0 saturated carbocycles. The molecule has 3 aromatic rings. The van der Waals surface area contributed by atoms with Crippen LogP contribution in [0.3, 0.4) is 0 Å². The Hall–Kier alpha value is -3.19. The molecule has 4 rings (SSSR count). The summed E-state index contributed by atoms with van der Waals surface area (Å²) in [7, 11) is 0. The summed E-state index contributed by atoms with van der Waals surface area (Å²) in [4.78, 5) is 30.4. The second-order valence-corrected chi connectivity index (χ2v) is 6.50. The molecule has 2 aromatic carbocycles. The number of para-hydroxylation sites is 2. The molecule has 0 spiro atoms. The highest BCUT2D eigenvalue weighted by Gasteiger charge is 2.26. The van der Waals surface area contributed by atoms with E-state index in [0.29, 0.717) is 30.2 Å². The van der Waals surface area contributed by atoms with E-state index < -0.39 is 6.09 Å². The largest absolute Gasteiger partial charge is 0.447 e. The molecule has 2 heterocycles. The minimum Gasteiger partial charge on any atom is -0.447 e. The number of benzene rings is 2. The zero-order chi connectivity index (χ0) is 17.9. The molecule has 0 aliphatic carbocycles. The fraction of sp³-hybridized carbons (Fsp3) is 0.105. The number of carbonyl (C=O) groups is 2. The van der Waals surface area contributed by atoms with Gasteiger partial charge in [0.25, 0.3) is 5.91 Å². The summed E-state index contributed by atoms with van der Waals surface area (Å²) in [5.74, 6) is -0.316. The molecule has 1 saturated heterocycles. The molecular weight excluding hydrogens is 350 g/mol. The Morgan fingerprint density at radius 1 is 1.12 bits per heavy atom. The predicted molar refractivity (Wildman–Crippen MR) is 101 cm³/mol. The van der Waals surface area contributed by atoms with E-state index in [4.69, 9.17) is 4.74 Å². The van der Waals surface area contributed by atoms with Gasteiger partial charge in [0.15, 0.2) is 0 Å². The monoisotopic (exact) mass is 365 g/mol. The fourth-order valence-electron chi connectivity index (χ4n) is 2.70. The quantitative estimate of drug-likeness (QED) is 0.758. The van der Waals surface area contributed by atoms with Crippen molar-refractivity contribution in [3.05, 3.63) is 65.7 Å². The van der Waals surface area contributed by atoms with Crippen molar-refractivity contribution in [2.24, 2.45) is 0 Å². The summed E-state index contributed by atoms with van der Waals surface area (Å²) >= 11 is 1.41. The molecule has 7 heteroatoms. The maximum atomic E-state index is 12.6. The normalized spacial score (nSPS) is 13.5. The van der Waals surface area contributed by atoms with Gasteiger partial charge in [-0.25, -0.2) is 9.78 Å². The number of amides is 2. The standard InChI is InChI=1S/C19H15N3O3S/c23-17(15-12-26-18(21-15)13-6-2-1-3-7-13)20-14-8-4-5-9-16(14)22-10-11-25-19(22)24/h1-9,12H,10-11H2,(H,20,23). The molecule has 1 fully saturated rings. The molecule has 0 unspecified atom stereocenters. The van der Waals surface area contributed by atoms with Crippen molar-refractivity contribution >= 4 is 34.7 Å². The number of rotatable bonds is 4. The lowest BCUT2D eigenvalue weighted by molar-refractivity contribution is 0.102. The van der Waals surface area contributed by atoms with Gasteiger partial charge in [0, 0.05) is 10.9 Å². The van der Waals surface area contributed by atoms with Crippen LogP contribution in [-0.2, 0) is 4.74 Å². The summed E-state index contributed by atoms with van der Waals surface area (Å²) < 4.78 is 4.98. The average Bonchev–Trinajstić information content (AvgIpc) is 3.32. The van der Waals surface area contributed by atoms with Crippen molar-refractivity contribution in [3.63, 3.8) is 0 Å². The Balaban J connectivity index is 1.56. The van der Waals surface area contributed by atoms with Crippen LogP contribution in [0.5, 0.6) is 0 Å². The van der Waals surface area contributed by atoms with Crippen LogP contribution in [0.15, 0.2) is 60.0 Å². The van der Waals surface area contributed by atoms with E-state index in [9.17, 15) is 9.59 Å². The minimum absolute atomic E-state index is 0.316. The number of nitrogens with zero attached hydrogens (tertiary/aromatic N) is 2. The van der Waals surface area contributed by atoms with E-state index in [2.05, 4.69) is 10.3 Å². The Bertz CT molecular complexity index is 955. The zero-order valence-corrected chi connectivity index (χ0v) is 14.5. The summed E-state index contributed by atoms with van der Waals surface area (Å²) in [6.07, 6.45) is -0.410. The van der Waals surface area contributed by atoms with Gasteiger partial charge in [-0.15, -0.1) is 11.3 Å². The van der Waals surface area contributed by atoms with Gasteiger partial charge >= 0.3 is 6.09 Å². The fourth-order valence-corrected chi connectivity index (χ4v) is 3.51. The summed E-state index contributed by atoms with van der Waals surface area (Å²) in [6, 6.07) is 16.9. The first-order valence-electron chi connectivity index (χ1n) is 8.08. The van der Waals surface area contributed by atoms with Crippen molar-refractivity contribution in [1.82, 2.24) is 4.98 Å². The lowest BCUT2D eigenvalue weighted by atomic mass is 10.2. The van der Waals surface area contributed by atoms with E-state index in [-0.39, 0.29) is 5.91 Å². The van der Waals surface area contributed by atoms with E-state index in [1.54, 1.807) is 23.6 Å². The topological polar surface area (TPSA) is 71.5 Å². The van der Waals surface area contributed by atoms with E-state index in [0.717, 1.165) is 10.6 Å². The van der Waals surface area contributed by atoms with E-state index >= 15 is 0 Å². The van der Waals surface area contributed by atoms with Crippen LogP contribution in [0.1, 0.15) is 10.5 Å². The number of ether oxygens (including phenoxy) is 1. The number of cyclic esters (lactones) is 1. The number of aromatic nitrogens is 1. The maximum absolute atomic E-state index is 12.6. The second kappa shape index (κ2) is 6.97. The molecule has 0 radical (unpaired) electrons. The first-order chi connectivity index (χ1) is 12.7. The van der Waals surface area contributed by atoms with Gasteiger partial charge in [0.1, 0.15) is 17.3 Å². The van der Waals surface area contributed by atoms with Crippen LogP contribution in [0.4, 0.5) is 16.2 Å². The molecule has 0 bridgehead atoms. The summed E-state index contributed by atoms with van der Waals surface area (Å²) in [5.41, 5.74) is 2.47. The first-order valence-corrected chi connectivity index (χ1v) is 8.96. The third-order valence-electron chi connectivity index (χ3n) is 3.96. The van der Waals surface area contributed by atoms with Crippen molar-refractivity contribution in [3.8, 4) is 10.6 Å². The van der Waals surface area contributed by atoms with Crippen LogP contribution >= 0.6 is 11.3 Å². The predicted octanol–water partition coefficient (Wildman–Crippen LogP) is 4.02. The average molecular weight is 365 g/mol. The Kier molecular flexibility index (Phi) is 4.37. The highest BCUT2D eigenvalue weighted by molar-refractivity contribution is 7.13. The van der Waals surface area contributed by atoms with Gasteiger partial charge < -0.3 is 10.1 Å². The molecule has 2 amide bonds. The molecular formula is C19H15N3O3S. The van der Waals surface area contributed by atoms with Crippen molar-refractivity contribution < 1.29 is 14.3 Å². The van der Waals surface area contributed by atoms with E-state index in [1.165, 1.54) is 16.2 Å². The SMILES string of the molecule is O=C(Nc1ccccc1N1CCOC1=O)c1csc(-c2ccccc2)n1. The summed E-state index contributed by atoms with van der Waals surface area (Å²) in [6.45, 7) is 0.800. The van der Waals surface area contributed by atoms with Gasteiger partial charge in [0.2, 0.25) is 0 Å². The van der Waals surface area contributed by atoms with Crippen molar-refractivity contribution in [2.75, 3.05) is 23.4 Å². The van der Waals surface area contributed by atoms with E-state index in [1.807, 2.05) is 36.4 Å². The number of hydrogen-bond donors (Lipinski definition) is 1. The summed E-state index contributed by atoms with van der Waals surface area (Å²) in [5, 5.41) is 5.36. The molecule has 130 valence electrons. The number of anilines is 2. The molecule has 6 nitrogen and oxygen atoms in total. The first kappa shape index (κ1) is 16.3. The Morgan fingerprint density at radius 3 is 2.65 bits per heavy atom. The van der Waals surface area contributed by atoms with Crippen LogP contribution in [0, 0.1) is 0 Å². The molecule has 26 heavy (non-hydrogen) atoms. The van der Waals surface area contributed by atoms with Gasteiger partial charge in [-0.1, -0.05) is 42.5 Å². The molecule has 1 N–H and O–H groups in total. The number of thiazole rings is 1. The Morgan fingerprint density at radius 2 is 1.88 bits per heavy atom. The Labute approximate surface area is 154 Å².